The largest absolute Gasteiger partial charge is 0.462 e. The minimum Gasteiger partial charge on any atom is -0.462 e. The summed E-state index contributed by atoms with van der Waals surface area (Å²) in [6.45, 7) is 8.49. The number of carbonyl (C=O) groups excluding carboxylic acids is 2. The van der Waals surface area contributed by atoms with E-state index in [2.05, 4.69) is 19.2 Å². The van der Waals surface area contributed by atoms with Gasteiger partial charge in [-0.2, -0.15) is 0 Å². The van der Waals surface area contributed by atoms with Gasteiger partial charge >= 0.3 is 5.97 Å². The van der Waals surface area contributed by atoms with Gasteiger partial charge in [0, 0.05) is 29.2 Å². The minimum absolute atomic E-state index is 0.115. The van der Waals surface area contributed by atoms with Crippen LogP contribution in [0, 0.1) is 12.3 Å². The van der Waals surface area contributed by atoms with E-state index in [1.165, 1.54) is 11.3 Å². The molecule has 3 heterocycles. The van der Waals surface area contributed by atoms with E-state index in [0.29, 0.717) is 29.4 Å². The van der Waals surface area contributed by atoms with Crippen molar-refractivity contribution in [3.63, 3.8) is 0 Å². The highest BCUT2D eigenvalue weighted by Crippen LogP contribution is 2.53. The Hall–Kier alpha value is -2.80. The van der Waals surface area contributed by atoms with Crippen LogP contribution in [0.3, 0.4) is 0 Å². The molecule has 1 aromatic carbocycles. The number of fused-ring (bicyclic) bond motifs is 2. The van der Waals surface area contributed by atoms with E-state index in [1.54, 1.807) is 6.92 Å². The molecule has 1 atom stereocenters. The summed E-state index contributed by atoms with van der Waals surface area (Å²) < 4.78 is 16.4. The molecule has 2 aromatic rings. The fourth-order valence-electron chi connectivity index (χ4n) is 4.85. The Kier molecular flexibility index (Phi) is 4.62. The molecule has 2 aliphatic heterocycles. The summed E-state index contributed by atoms with van der Waals surface area (Å²) in [6, 6.07) is 5.85. The number of esters is 1. The van der Waals surface area contributed by atoms with Crippen LogP contribution in [0.5, 0.6) is 11.5 Å². The number of nitrogens with one attached hydrogen (secondary N) is 1. The predicted molar refractivity (Wildman–Crippen MR) is 118 cm³/mol. The van der Waals surface area contributed by atoms with Crippen LogP contribution >= 0.6 is 11.3 Å². The van der Waals surface area contributed by atoms with Crippen molar-refractivity contribution in [1.29, 1.82) is 0 Å². The van der Waals surface area contributed by atoms with Gasteiger partial charge in [-0.3, -0.25) is 4.79 Å². The summed E-state index contributed by atoms with van der Waals surface area (Å²) in [5.41, 5.74) is 4.42. The zero-order chi connectivity index (χ0) is 21.9. The molecular formula is C24H25NO5S. The van der Waals surface area contributed by atoms with Crippen LogP contribution < -0.4 is 14.8 Å². The molecule has 0 saturated carbocycles. The number of hydrogen-bond donors (Lipinski definition) is 1. The molecule has 0 saturated heterocycles. The molecule has 1 aromatic heterocycles. The van der Waals surface area contributed by atoms with E-state index >= 15 is 0 Å². The van der Waals surface area contributed by atoms with Gasteiger partial charge in [0.2, 0.25) is 6.79 Å². The van der Waals surface area contributed by atoms with E-state index in [1.807, 2.05) is 25.1 Å². The van der Waals surface area contributed by atoms with Crippen molar-refractivity contribution in [1.82, 2.24) is 0 Å². The third-order valence-corrected chi connectivity index (χ3v) is 7.35. The van der Waals surface area contributed by atoms with Gasteiger partial charge in [0.25, 0.3) is 0 Å². The number of benzene rings is 1. The molecule has 5 rings (SSSR count). The fourth-order valence-corrected chi connectivity index (χ4v) is 6.01. The number of ether oxygens (including phenoxy) is 3. The summed E-state index contributed by atoms with van der Waals surface area (Å²) in [7, 11) is 0. The van der Waals surface area contributed by atoms with Gasteiger partial charge in [-0.1, -0.05) is 19.9 Å². The third-order valence-electron chi connectivity index (χ3n) is 6.15. The molecule has 7 heteroatoms. The maximum absolute atomic E-state index is 13.4. The van der Waals surface area contributed by atoms with Crippen LogP contribution in [-0.4, -0.2) is 25.2 Å². The highest BCUT2D eigenvalue weighted by Gasteiger charge is 2.43. The molecule has 3 aliphatic rings. The molecule has 0 fully saturated rings. The van der Waals surface area contributed by atoms with Crippen molar-refractivity contribution in [3.05, 3.63) is 51.0 Å². The standard InChI is InChI=1S/C24H25NO5S/c1-5-28-23(27)21-12(2)18-19(13-6-7-16-17(8-13)30-11-29-16)20-14(25-22(18)31-21)9-24(3,4)10-15(20)26/h6-8,19,25H,5,9-11H2,1-4H3/t19-/m1/s1. The lowest BCUT2D eigenvalue weighted by Gasteiger charge is -2.38. The summed E-state index contributed by atoms with van der Waals surface area (Å²) in [6.07, 6.45) is 1.28. The molecule has 162 valence electrons. The highest BCUT2D eigenvalue weighted by molar-refractivity contribution is 7.18. The predicted octanol–water partition coefficient (Wildman–Crippen LogP) is 5.16. The molecule has 0 unspecified atom stereocenters. The Balaban J connectivity index is 1.70. The first-order valence-electron chi connectivity index (χ1n) is 10.5. The molecule has 0 bridgehead atoms. The van der Waals surface area contributed by atoms with Gasteiger partial charge in [0.1, 0.15) is 4.88 Å². The summed E-state index contributed by atoms with van der Waals surface area (Å²) in [4.78, 5) is 26.6. The normalized spacial score (nSPS) is 20.8. The number of carbonyl (C=O) groups is 2. The van der Waals surface area contributed by atoms with E-state index < -0.39 is 0 Å². The molecule has 0 spiro atoms. The fraction of sp³-hybridized carbons (Fsp3) is 0.417. The highest BCUT2D eigenvalue weighted by atomic mass is 32.1. The van der Waals surface area contributed by atoms with E-state index in [9.17, 15) is 9.59 Å². The average molecular weight is 440 g/mol. The topological polar surface area (TPSA) is 73.9 Å². The Morgan fingerprint density at radius 3 is 2.81 bits per heavy atom. The first kappa shape index (κ1) is 20.1. The Morgan fingerprint density at radius 1 is 1.26 bits per heavy atom. The van der Waals surface area contributed by atoms with Crippen LogP contribution in [0.4, 0.5) is 5.00 Å². The van der Waals surface area contributed by atoms with Gasteiger partial charge in [-0.05, 0) is 48.9 Å². The number of allylic oxidation sites excluding steroid dienone is 2. The number of thiophene rings is 1. The lowest BCUT2D eigenvalue weighted by atomic mass is 9.69. The maximum Gasteiger partial charge on any atom is 0.348 e. The Bertz CT molecular complexity index is 1140. The van der Waals surface area contributed by atoms with Gasteiger partial charge < -0.3 is 19.5 Å². The second kappa shape index (κ2) is 7.12. The van der Waals surface area contributed by atoms with Crippen molar-refractivity contribution in [2.45, 2.75) is 46.5 Å². The maximum atomic E-state index is 13.4. The first-order chi connectivity index (χ1) is 14.8. The van der Waals surface area contributed by atoms with Crippen LogP contribution in [0.1, 0.15) is 65.9 Å². The van der Waals surface area contributed by atoms with E-state index in [-0.39, 0.29) is 29.9 Å². The molecule has 1 aliphatic carbocycles. The summed E-state index contributed by atoms with van der Waals surface area (Å²) in [5, 5.41) is 4.42. The van der Waals surface area contributed by atoms with Crippen LogP contribution in [0.2, 0.25) is 0 Å². The zero-order valence-electron chi connectivity index (χ0n) is 18.1. The third kappa shape index (κ3) is 3.22. The number of rotatable bonds is 3. The number of Topliss-reactive ketones (excluding diaryl/α,β-unsaturated/α-hetero) is 1. The van der Waals surface area contributed by atoms with Crippen LogP contribution in [-0.2, 0) is 9.53 Å². The number of ketones is 1. The lowest BCUT2D eigenvalue weighted by molar-refractivity contribution is -0.118. The van der Waals surface area contributed by atoms with Crippen molar-refractivity contribution < 1.29 is 23.8 Å². The summed E-state index contributed by atoms with van der Waals surface area (Å²) in [5.74, 6) is 0.952. The smallest absolute Gasteiger partial charge is 0.348 e. The van der Waals surface area contributed by atoms with Gasteiger partial charge in [-0.15, -0.1) is 11.3 Å². The molecule has 0 radical (unpaired) electrons. The molecule has 0 amide bonds. The van der Waals surface area contributed by atoms with Crippen LogP contribution in [0.25, 0.3) is 0 Å². The quantitative estimate of drug-likeness (QED) is 0.666. The molecule has 31 heavy (non-hydrogen) atoms. The number of anilines is 1. The van der Waals surface area contributed by atoms with E-state index in [4.69, 9.17) is 14.2 Å². The Morgan fingerprint density at radius 2 is 2.03 bits per heavy atom. The SMILES string of the molecule is CCOC(=O)c1sc2c(c1C)[C@@H](c1ccc3c(c1)OCO3)C1=C(CC(C)(C)CC1=O)N2. The average Bonchev–Trinajstić information content (AvgIpc) is 3.29. The lowest BCUT2D eigenvalue weighted by Crippen LogP contribution is -2.33. The Labute approximate surface area is 185 Å². The first-order valence-corrected chi connectivity index (χ1v) is 11.3. The van der Waals surface area contributed by atoms with Gasteiger partial charge in [0.15, 0.2) is 17.3 Å². The second-order valence-corrected chi connectivity index (χ2v) is 10.0. The number of hydrogen-bond acceptors (Lipinski definition) is 7. The van der Waals surface area contributed by atoms with Gasteiger partial charge in [0.05, 0.1) is 11.6 Å². The van der Waals surface area contributed by atoms with E-state index in [0.717, 1.165) is 39.4 Å². The monoisotopic (exact) mass is 439 g/mol. The van der Waals surface area contributed by atoms with Crippen molar-refractivity contribution >= 4 is 28.1 Å². The van der Waals surface area contributed by atoms with Crippen molar-refractivity contribution in [2.24, 2.45) is 5.41 Å². The zero-order valence-corrected chi connectivity index (χ0v) is 18.9. The molecule has 1 N–H and O–H groups in total. The van der Waals surface area contributed by atoms with Crippen molar-refractivity contribution in [3.8, 4) is 11.5 Å². The van der Waals surface area contributed by atoms with Gasteiger partial charge in [-0.25, -0.2) is 4.79 Å². The minimum atomic E-state index is -0.324. The second-order valence-electron chi connectivity index (χ2n) is 9.02. The van der Waals surface area contributed by atoms with Crippen molar-refractivity contribution in [2.75, 3.05) is 18.7 Å². The molecular weight excluding hydrogens is 414 g/mol. The summed E-state index contributed by atoms with van der Waals surface area (Å²) >= 11 is 1.40. The molecule has 6 nitrogen and oxygen atoms in total. The van der Waals surface area contributed by atoms with Crippen LogP contribution in [0.15, 0.2) is 29.5 Å².